The molecule has 3 rings (SSSR count). The summed E-state index contributed by atoms with van der Waals surface area (Å²) in [5, 5.41) is 7.39. The summed E-state index contributed by atoms with van der Waals surface area (Å²) < 4.78 is 5.78. The number of rotatable bonds is 4. The van der Waals surface area contributed by atoms with Gasteiger partial charge in [-0.05, 0) is 29.3 Å². The molecular weight excluding hydrogens is 406 g/mol. The minimum Gasteiger partial charge on any atom is -0.480 e. The predicted octanol–water partition coefficient (Wildman–Crippen LogP) is 2.88. The molecule has 23 heavy (non-hydrogen) atoms. The first-order valence-corrected chi connectivity index (χ1v) is 8.71. The highest BCUT2D eigenvalue weighted by atomic mass is 79.9. The number of amides is 1. The predicted molar refractivity (Wildman–Crippen MR) is 91.7 cm³/mol. The maximum atomic E-state index is 12.0. The number of hydrogen-bond donors (Lipinski definition) is 2. The molecule has 0 aliphatic carbocycles. The molecule has 122 valence electrons. The minimum atomic E-state index is -0.646. The van der Waals surface area contributed by atoms with Gasteiger partial charge < -0.3 is 15.4 Å². The molecule has 1 fully saturated rings. The Morgan fingerprint density at radius 1 is 1.52 bits per heavy atom. The summed E-state index contributed by atoms with van der Waals surface area (Å²) in [4.78, 5) is 24.7. The lowest BCUT2D eigenvalue weighted by Crippen LogP contribution is -2.32. The van der Waals surface area contributed by atoms with Crippen LogP contribution < -0.4 is 15.4 Å². The van der Waals surface area contributed by atoms with E-state index in [1.807, 2.05) is 6.92 Å². The van der Waals surface area contributed by atoms with Crippen LogP contribution in [0.3, 0.4) is 0 Å². The SMILES string of the molecule is COc1nc(Nc2sc(C3(C)CCNC3=O)nc2Cl)ncc1Br. The van der Waals surface area contributed by atoms with Crippen LogP contribution in [0.1, 0.15) is 18.4 Å². The zero-order valence-corrected chi connectivity index (χ0v) is 15.5. The van der Waals surface area contributed by atoms with E-state index in [4.69, 9.17) is 16.3 Å². The van der Waals surface area contributed by atoms with E-state index in [1.165, 1.54) is 18.4 Å². The molecule has 1 unspecified atom stereocenters. The molecule has 0 aromatic carbocycles. The summed E-state index contributed by atoms with van der Waals surface area (Å²) in [6.07, 6.45) is 2.27. The Kier molecular flexibility index (Phi) is 4.43. The van der Waals surface area contributed by atoms with Crippen LogP contribution in [0.4, 0.5) is 10.9 Å². The van der Waals surface area contributed by atoms with Crippen LogP contribution in [-0.2, 0) is 10.2 Å². The molecule has 10 heteroatoms. The van der Waals surface area contributed by atoms with Gasteiger partial charge in [0.05, 0.1) is 23.2 Å². The first-order chi connectivity index (χ1) is 10.9. The molecule has 0 saturated carbocycles. The van der Waals surface area contributed by atoms with Gasteiger partial charge in [0.25, 0.3) is 0 Å². The van der Waals surface area contributed by atoms with Crippen molar-refractivity contribution in [3.05, 3.63) is 20.8 Å². The topological polar surface area (TPSA) is 89.0 Å². The zero-order valence-electron chi connectivity index (χ0n) is 12.3. The number of halogens is 2. The summed E-state index contributed by atoms with van der Waals surface area (Å²) in [6, 6.07) is 0. The molecular formula is C13H13BrClN5O2S. The van der Waals surface area contributed by atoms with Gasteiger partial charge >= 0.3 is 0 Å². The van der Waals surface area contributed by atoms with Crippen molar-refractivity contribution in [3.8, 4) is 5.88 Å². The van der Waals surface area contributed by atoms with Gasteiger partial charge in [-0.2, -0.15) is 4.98 Å². The van der Waals surface area contributed by atoms with Gasteiger partial charge in [0, 0.05) is 6.54 Å². The zero-order chi connectivity index (χ0) is 16.6. The van der Waals surface area contributed by atoms with E-state index in [9.17, 15) is 4.79 Å². The number of aromatic nitrogens is 3. The number of anilines is 2. The molecule has 2 aromatic rings. The van der Waals surface area contributed by atoms with Crippen LogP contribution in [0.2, 0.25) is 5.15 Å². The van der Waals surface area contributed by atoms with Gasteiger partial charge in [-0.15, -0.1) is 0 Å². The van der Waals surface area contributed by atoms with Gasteiger partial charge in [-0.3, -0.25) is 4.79 Å². The number of ether oxygens (including phenoxy) is 1. The average molecular weight is 419 g/mol. The number of carbonyl (C=O) groups is 1. The molecule has 1 aliphatic rings. The summed E-state index contributed by atoms with van der Waals surface area (Å²) in [7, 11) is 1.52. The second kappa shape index (κ2) is 6.21. The van der Waals surface area contributed by atoms with E-state index >= 15 is 0 Å². The Balaban J connectivity index is 1.89. The van der Waals surface area contributed by atoms with Gasteiger partial charge in [0.2, 0.25) is 17.7 Å². The molecule has 1 amide bonds. The van der Waals surface area contributed by atoms with Gasteiger partial charge in [-0.25, -0.2) is 9.97 Å². The molecule has 2 N–H and O–H groups in total. The van der Waals surface area contributed by atoms with E-state index in [2.05, 4.69) is 41.5 Å². The van der Waals surface area contributed by atoms with Crippen LogP contribution >= 0.6 is 38.9 Å². The molecule has 0 spiro atoms. The Morgan fingerprint density at radius 3 is 2.96 bits per heavy atom. The molecule has 1 atom stereocenters. The highest BCUT2D eigenvalue weighted by molar-refractivity contribution is 9.10. The van der Waals surface area contributed by atoms with Gasteiger partial charge in [-0.1, -0.05) is 22.9 Å². The van der Waals surface area contributed by atoms with Crippen molar-refractivity contribution < 1.29 is 9.53 Å². The Morgan fingerprint density at radius 2 is 2.30 bits per heavy atom. The Labute approximate surface area is 150 Å². The minimum absolute atomic E-state index is 0.0315. The van der Waals surface area contributed by atoms with Crippen molar-refractivity contribution in [2.45, 2.75) is 18.8 Å². The number of nitrogens with zero attached hydrogens (tertiary/aromatic N) is 3. The van der Waals surface area contributed by atoms with Crippen LogP contribution in [0, 0.1) is 0 Å². The Hall–Kier alpha value is -1.45. The van der Waals surface area contributed by atoms with Crippen molar-refractivity contribution in [3.63, 3.8) is 0 Å². The third-order valence-corrected chi connectivity index (χ3v) is 5.76. The molecule has 0 radical (unpaired) electrons. The number of nitrogens with one attached hydrogen (secondary N) is 2. The molecule has 0 bridgehead atoms. The van der Waals surface area contributed by atoms with Crippen molar-refractivity contribution >= 4 is 55.7 Å². The van der Waals surface area contributed by atoms with Crippen LogP contribution in [0.5, 0.6) is 5.88 Å². The smallest absolute Gasteiger partial charge is 0.232 e. The number of carbonyl (C=O) groups excluding carboxylic acids is 1. The van der Waals surface area contributed by atoms with Crippen molar-refractivity contribution in [2.75, 3.05) is 19.0 Å². The maximum Gasteiger partial charge on any atom is 0.232 e. The monoisotopic (exact) mass is 417 g/mol. The molecule has 7 nitrogen and oxygen atoms in total. The highest BCUT2D eigenvalue weighted by Crippen LogP contribution is 2.40. The third kappa shape index (κ3) is 3.00. The molecule has 1 saturated heterocycles. The van der Waals surface area contributed by atoms with E-state index in [1.54, 1.807) is 6.20 Å². The average Bonchev–Trinajstić information content (AvgIpc) is 3.06. The number of methoxy groups -OCH3 is 1. The normalized spacial score (nSPS) is 20.4. The van der Waals surface area contributed by atoms with Gasteiger partial charge in [0.15, 0.2) is 5.15 Å². The molecule has 1 aliphatic heterocycles. The van der Waals surface area contributed by atoms with E-state index in [0.29, 0.717) is 39.3 Å². The van der Waals surface area contributed by atoms with E-state index in [0.717, 1.165) is 0 Å². The van der Waals surface area contributed by atoms with Crippen molar-refractivity contribution in [1.82, 2.24) is 20.3 Å². The quantitative estimate of drug-likeness (QED) is 0.793. The highest BCUT2D eigenvalue weighted by Gasteiger charge is 2.42. The van der Waals surface area contributed by atoms with Crippen LogP contribution in [-0.4, -0.2) is 34.5 Å². The van der Waals surface area contributed by atoms with Crippen LogP contribution in [0.15, 0.2) is 10.7 Å². The Bertz CT molecular complexity index is 771. The summed E-state index contributed by atoms with van der Waals surface area (Å²) in [6.45, 7) is 2.51. The standard InChI is InChI=1S/C13H13BrClN5O2S/c1-13(3-4-16-10(13)21)11-18-7(15)9(23-11)20-12-17-5-6(14)8(19-12)22-2/h5H,3-4H2,1-2H3,(H,16,21)(H,17,19,20). The molecule has 3 heterocycles. The third-order valence-electron chi connectivity index (χ3n) is 3.60. The lowest BCUT2D eigenvalue weighted by atomic mass is 9.90. The fourth-order valence-electron chi connectivity index (χ4n) is 2.21. The first-order valence-electron chi connectivity index (χ1n) is 6.72. The van der Waals surface area contributed by atoms with Crippen LogP contribution in [0.25, 0.3) is 0 Å². The maximum absolute atomic E-state index is 12.0. The summed E-state index contributed by atoms with van der Waals surface area (Å²) in [5.74, 6) is 0.713. The fraction of sp³-hybridized carbons (Fsp3) is 0.385. The summed E-state index contributed by atoms with van der Waals surface area (Å²) in [5.41, 5.74) is -0.646. The van der Waals surface area contributed by atoms with Crippen molar-refractivity contribution in [2.24, 2.45) is 0 Å². The first kappa shape index (κ1) is 16.4. The van der Waals surface area contributed by atoms with E-state index in [-0.39, 0.29) is 11.1 Å². The number of hydrogen-bond acceptors (Lipinski definition) is 7. The molecule has 2 aromatic heterocycles. The van der Waals surface area contributed by atoms with Crippen molar-refractivity contribution in [1.29, 1.82) is 0 Å². The second-order valence-corrected chi connectivity index (χ2v) is 7.36. The summed E-state index contributed by atoms with van der Waals surface area (Å²) >= 11 is 10.8. The van der Waals surface area contributed by atoms with Gasteiger partial charge in [0.1, 0.15) is 10.0 Å². The second-order valence-electron chi connectivity index (χ2n) is 5.15. The number of thiazole rings is 1. The van der Waals surface area contributed by atoms with E-state index < -0.39 is 5.41 Å². The lowest BCUT2D eigenvalue weighted by molar-refractivity contribution is -0.123. The largest absolute Gasteiger partial charge is 0.480 e. The lowest BCUT2D eigenvalue weighted by Gasteiger charge is -2.16. The fourth-order valence-corrected chi connectivity index (χ4v) is 3.88.